The molecule has 0 saturated carbocycles. The summed E-state index contributed by atoms with van der Waals surface area (Å²) in [6, 6.07) is 13.0. The molecule has 1 fully saturated rings. The number of ether oxygens (including phenoxy) is 1. The Morgan fingerprint density at radius 1 is 1.19 bits per heavy atom. The lowest BCUT2D eigenvalue weighted by Gasteiger charge is -2.25. The maximum atomic E-state index is 14.1. The van der Waals surface area contributed by atoms with Gasteiger partial charge in [-0.05, 0) is 55.6 Å². The van der Waals surface area contributed by atoms with Crippen molar-refractivity contribution >= 4 is 11.6 Å². The Kier molecular flexibility index (Phi) is 4.89. The van der Waals surface area contributed by atoms with Crippen molar-refractivity contribution in [3.63, 3.8) is 0 Å². The molecule has 26 heavy (non-hydrogen) atoms. The van der Waals surface area contributed by atoms with Crippen molar-refractivity contribution in [1.82, 2.24) is 4.90 Å². The van der Waals surface area contributed by atoms with Gasteiger partial charge in [-0.25, -0.2) is 4.39 Å². The molecular weight excluding hydrogens is 331 g/mol. The first-order valence-corrected chi connectivity index (χ1v) is 9.25. The van der Waals surface area contributed by atoms with Gasteiger partial charge in [-0.15, -0.1) is 0 Å². The van der Waals surface area contributed by atoms with Crippen LogP contribution in [0.2, 0.25) is 0 Å². The average molecular weight is 354 g/mol. The van der Waals surface area contributed by atoms with Crippen molar-refractivity contribution in [3.05, 3.63) is 59.4 Å². The quantitative estimate of drug-likeness (QED) is 0.885. The number of carbonyl (C=O) groups excluding carboxylic acids is 1. The number of benzene rings is 2. The standard InChI is InChI=1S/C21H23FN2O2/c22-18-5-2-1-4-17(18)20-6-3-11-24(20)12-13-26-16-8-9-19-15(14-16)7-10-21(25)23-19/h1-2,4-5,8-9,14,20H,3,6-7,10-13H2,(H,23,25). The van der Waals surface area contributed by atoms with Crippen molar-refractivity contribution in [3.8, 4) is 5.75 Å². The summed E-state index contributed by atoms with van der Waals surface area (Å²) >= 11 is 0. The number of halogens is 1. The Hall–Kier alpha value is -2.40. The van der Waals surface area contributed by atoms with Gasteiger partial charge in [0.15, 0.2) is 0 Å². The molecule has 2 aromatic carbocycles. The number of rotatable bonds is 5. The van der Waals surface area contributed by atoms with E-state index in [4.69, 9.17) is 4.74 Å². The first-order chi connectivity index (χ1) is 12.7. The van der Waals surface area contributed by atoms with Gasteiger partial charge in [0.1, 0.15) is 18.2 Å². The van der Waals surface area contributed by atoms with Crippen LogP contribution >= 0.6 is 0 Å². The van der Waals surface area contributed by atoms with Gasteiger partial charge in [-0.1, -0.05) is 18.2 Å². The fourth-order valence-corrected chi connectivity index (χ4v) is 3.92. The second kappa shape index (κ2) is 7.46. The summed E-state index contributed by atoms with van der Waals surface area (Å²) in [5, 5.41) is 2.88. The molecule has 0 radical (unpaired) electrons. The van der Waals surface area contributed by atoms with Crippen molar-refractivity contribution in [2.75, 3.05) is 25.0 Å². The molecule has 0 aromatic heterocycles. The number of hydrogen-bond acceptors (Lipinski definition) is 3. The SMILES string of the molecule is O=C1CCc2cc(OCCN3CCCC3c3ccccc3F)ccc2N1. The number of fused-ring (bicyclic) bond motifs is 1. The normalized spacial score (nSPS) is 19.9. The van der Waals surface area contributed by atoms with E-state index >= 15 is 0 Å². The van der Waals surface area contributed by atoms with Crippen LogP contribution in [-0.4, -0.2) is 30.5 Å². The lowest BCUT2D eigenvalue weighted by Crippen LogP contribution is -2.28. The van der Waals surface area contributed by atoms with Crippen LogP contribution in [0.4, 0.5) is 10.1 Å². The molecule has 4 nitrogen and oxygen atoms in total. The van der Waals surface area contributed by atoms with E-state index in [9.17, 15) is 9.18 Å². The minimum atomic E-state index is -0.123. The molecular formula is C21H23FN2O2. The first kappa shape index (κ1) is 17.0. The smallest absolute Gasteiger partial charge is 0.224 e. The molecule has 0 bridgehead atoms. The average Bonchev–Trinajstić information content (AvgIpc) is 3.10. The minimum Gasteiger partial charge on any atom is -0.492 e. The molecule has 5 heteroatoms. The Labute approximate surface area is 153 Å². The van der Waals surface area contributed by atoms with Gasteiger partial charge < -0.3 is 10.1 Å². The van der Waals surface area contributed by atoms with Gasteiger partial charge in [0.2, 0.25) is 5.91 Å². The topological polar surface area (TPSA) is 41.6 Å². The molecule has 2 aliphatic heterocycles. The highest BCUT2D eigenvalue weighted by molar-refractivity contribution is 5.93. The molecule has 136 valence electrons. The number of hydrogen-bond donors (Lipinski definition) is 1. The lowest BCUT2D eigenvalue weighted by atomic mass is 10.0. The third kappa shape index (κ3) is 3.58. The number of carbonyl (C=O) groups is 1. The molecule has 4 rings (SSSR count). The van der Waals surface area contributed by atoms with Crippen LogP contribution in [0.5, 0.6) is 5.75 Å². The van der Waals surface area contributed by atoms with E-state index in [1.54, 1.807) is 6.07 Å². The van der Waals surface area contributed by atoms with E-state index in [2.05, 4.69) is 10.2 Å². The summed E-state index contributed by atoms with van der Waals surface area (Å²) in [7, 11) is 0. The molecule has 1 atom stereocenters. The summed E-state index contributed by atoms with van der Waals surface area (Å²) in [6.45, 7) is 2.31. The molecule has 2 heterocycles. The number of nitrogens with zero attached hydrogens (tertiary/aromatic N) is 1. The Balaban J connectivity index is 1.36. The highest BCUT2D eigenvalue weighted by atomic mass is 19.1. The third-order valence-corrected chi connectivity index (χ3v) is 5.25. The molecule has 2 aromatic rings. The number of nitrogens with one attached hydrogen (secondary N) is 1. The van der Waals surface area contributed by atoms with Crippen molar-refractivity contribution in [1.29, 1.82) is 0 Å². The number of amides is 1. The molecule has 1 unspecified atom stereocenters. The fraction of sp³-hybridized carbons (Fsp3) is 0.381. The summed E-state index contributed by atoms with van der Waals surface area (Å²) < 4.78 is 20.0. The minimum absolute atomic E-state index is 0.0689. The lowest BCUT2D eigenvalue weighted by molar-refractivity contribution is -0.116. The predicted molar refractivity (Wildman–Crippen MR) is 98.8 cm³/mol. The maximum absolute atomic E-state index is 14.1. The van der Waals surface area contributed by atoms with Crippen molar-refractivity contribution < 1.29 is 13.9 Å². The van der Waals surface area contributed by atoms with Crippen LogP contribution in [0.25, 0.3) is 0 Å². The highest BCUT2D eigenvalue weighted by Crippen LogP contribution is 2.33. The van der Waals surface area contributed by atoms with E-state index in [1.165, 1.54) is 6.07 Å². The van der Waals surface area contributed by atoms with Crippen LogP contribution in [0.15, 0.2) is 42.5 Å². The van der Waals surface area contributed by atoms with Crippen LogP contribution in [0.1, 0.15) is 36.4 Å². The second-order valence-electron chi connectivity index (χ2n) is 6.93. The molecule has 1 saturated heterocycles. The van der Waals surface area contributed by atoms with Crippen LogP contribution in [-0.2, 0) is 11.2 Å². The van der Waals surface area contributed by atoms with Gasteiger partial charge in [-0.2, -0.15) is 0 Å². The Bertz CT molecular complexity index is 808. The zero-order valence-corrected chi connectivity index (χ0v) is 14.7. The zero-order chi connectivity index (χ0) is 17.9. The summed E-state index contributed by atoms with van der Waals surface area (Å²) in [5.41, 5.74) is 2.79. The number of likely N-dealkylation sites (tertiary alicyclic amines) is 1. The maximum Gasteiger partial charge on any atom is 0.224 e. The third-order valence-electron chi connectivity index (χ3n) is 5.25. The highest BCUT2D eigenvalue weighted by Gasteiger charge is 2.27. The largest absolute Gasteiger partial charge is 0.492 e. The summed E-state index contributed by atoms with van der Waals surface area (Å²) in [6.07, 6.45) is 3.34. The van der Waals surface area contributed by atoms with Gasteiger partial charge >= 0.3 is 0 Å². The molecule has 1 N–H and O–H groups in total. The van der Waals surface area contributed by atoms with Gasteiger partial charge in [0.05, 0.1) is 0 Å². The van der Waals surface area contributed by atoms with E-state index in [-0.39, 0.29) is 17.8 Å². The number of anilines is 1. The fourth-order valence-electron chi connectivity index (χ4n) is 3.92. The zero-order valence-electron chi connectivity index (χ0n) is 14.7. The van der Waals surface area contributed by atoms with Crippen molar-refractivity contribution in [2.45, 2.75) is 31.7 Å². The van der Waals surface area contributed by atoms with E-state index < -0.39 is 0 Å². The van der Waals surface area contributed by atoms with E-state index in [1.807, 2.05) is 30.3 Å². The first-order valence-electron chi connectivity index (χ1n) is 9.25. The van der Waals surface area contributed by atoms with Crippen molar-refractivity contribution in [2.24, 2.45) is 0 Å². The van der Waals surface area contributed by atoms with Crippen LogP contribution in [0, 0.1) is 5.82 Å². The molecule has 0 spiro atoms. The second-order valence-corrected chi connectivity index (χ2v) is 6.93. The molecule has 2 aliphatic rings. The Morgan fingerprint density at radius 3 is 2.96 bits per heavy atom. The van der Waals surface area contributed by atoms with Gasteiger partial charge in [0.25, 0.3) is 0 Å². The van der Waals surface area contributed by atoms with E-state index in [0.29, 0.717) is 13.0 Å². The van der Waals surface area contributed by atoms with Crippen LogP contribution < -0.4 is 10.1 Å². The predicted octanol–water partition coefficient (Wildman–Crippen LogP) is 3.93. The van der Waals surface area contributed by atoms with Gasteiger partial charge in [-0.3, -0.25) is 9.69 Å². The van der Waals surface area contributed by atoms with E-state index in [0.717, 1.165) is 54.9 Å². The Morgan fingerprint density at radius 2 is 2.08 bits per heavy atom. The summed E-state index contributed by atoms with van der Waals surface area (Å²) in [4.78, 5) is 13.7. The molecule has 0 aliphatic carbocycles. The monoisotopic (exact) mass is 354 g/mol. The van der Waals surface area contributed by atoms with Crippen LogP contribution in [0.3, 0.4) is 0 Å². The van der Waals surface area contributed by atoms with Gasteiger partial charge in [0, 0.05) is 30.3 Å². The number of aryl methyl sites for hydroxylation is 1. The summed E-state index contributed by atoms with van der Waals surface area (Å²) in [5.74, 6) is 0.767. The molecule has 1 amide bonds.